The Bertz CT molecular complexity index is 523. The van der Waals surface area contributed by atoms with Crippen molar-refractivity contribution in [1.29, 1.82) is 0 Å². The minimum atomic E-state index is -0.220. The molecule has 1 heterocycles. The fourth-order valence-corrected chi connectivity index (χ4v) is 3.86. The summed E-state index contributed by atoms with van der Waals surface area (Å²) in [4.78, 5) is 15.6. The van der Waals surface area contributed by atoms with Crippen molar-refractivity contribution in [2.75, 3.05) is 30.0 Å². The van der Waals surface area contributed by atoms with Crippen molar-refractivity contribution in [3.05, 3.63) is 18.2 Å². The number of nitrogens with zero attached hydrogens (tertiary/aromatic N) is 1. The van der Waals surface area contributed by atoms with Gasteiger partial charge < -0.3 is 15.4 Å². The Kier molecular flexibility index (Phi) is 3.65. The number of methoxy groups -OCH3 is 1. The fourth-order valence-electron chi connectivity index (χ4n) is 2.89. The summed E-state index contributed by atoms with van der Waals surface area (Å²) >= 11 is 1.78. The number of benzene rings is 1. The first-order valence-electron chi connectivity index (χ1n) is 7.01. The van der Waals surface area contributed by atoms with E-state index in [-0.39, 0.29) is 11.5 Å². The maximum absolute atomic E-state index is 12.6. The first-order chi connectivity index (χ1) is 9.63. The zero-order chi connectivity index (χ0) is 14.2. The summed E-state index contributed by atoms with van der Waals surface area (Å²) in [5.74, 6) is 1.08. The molecule has 1 aromatic carbocycles. The molecular weight excluding hydrogens is 272 g/mol. The number of nitrogen functional groups attached to an aromatic ring is 1. The Balaban J connectivity index is 1.81. The van der Waals surface area contributed by atoms with Crippen LogP contribution in [-0.4, -0.2) is 30.9 Å². The van der Waals surface area contributed by atoms with Gasteiger partial charge in [-0.2, -0.15) is 0 Å². The third-order valence-electron chi connectivity index (χ3n) is 4.32. The Morgan fingerprint density at radius 3 is 2.95 bits per heavy atom. The lowest BCUT2D eigenvalue weighted by atomic mass is 9.77. The second-order valence-corrected chi connectivity index (χ2v) is 6.68. The van der Waals surface area contributed by atoms with Gasteiger partial charge in [-0.15, -0.1) is 11.8 Å². The molecule has 0 unspecified atom stereocenters. The van der Waals surface area contributed by atoms with E-state index < -0.39 is 0 Å². The van der Waals surface area contributed by atoms with E-state index in [0.29, 0.717) is 12.1 Å². The summed E-state index contributed by atoms with van der Waals surface area (Å²) in [5.41, 5.74) is 7.30. The molecule has 5 heteroatoms. The van der Waals surface area contributed by atoms with Gasteiger partial charge in [-0.05, 0) is 37.5 Å². The van der Waals surface area contributed by atoms with Crippen LogP contribution in [0.15, 0.2) is 23.1 Å². The monoisotopic (exact) mass is 292 g/mol. The molecule has 0 aromatic heterocycles. The SMILES string of the molecule is COC1(CC(=O)N2CCSc3ccc(N)cc32)CCC1. The minimum absolute atomic E-state index is 0.152. The topological polar surface area (TPSA) is 55.6 Å². The molecule has 0 spiro atoms. The van der Waals surface area contributed by atoms with Crippen LogP contribution < -0.4 is 10.6 Å². The Labute approximate surface area is 123 Å². The molecule has 1 amide bonds. The third kappa shape index (κ3) is 2.40. The number of ether oxygens (including phenoxy) is 1. The highest BCUT2D eigenvalue weighted by Gasteiger charge is 2.40. The average Bonchev–Trinajstić information content (AvgIpc) is 2.42. The van der Waals surface area contributed by atoms with Crippen LogP contribution in [0.4, 0.5) is 11.4 Å². The summed E-state index contributed by atoms with van der Waals surface area (Å²) < 4.78 is 5.57. The van der Waals surface area contributed by atoms with Crippen LogP contribution in [0, 0.1) is 0 Å². The normalized spacial score (nSPS) is 20.1. The fraction of sp³-hybridized carbons (Fsp3) is 0.533. The number of hydrogen-bond donors (Lipinski definition) is 1. The number of carbonyl (C=O) groups is 1. The summed E-state index contributed by atoms with van der Waals surface area (Å²) in [5, 5.41) is 0. The van der Waals surface area contributed by atoms with Gasteiger partial charge in [0.15, 0.2) is 0 Å². The van der Waals surface area contributed by atoms with Gasteiger partial charge in [-0.3, -0.25) is 4.79 Å². The van der Waals surface area contributed by atoms with E-state index in [4.69, 9.17) is 10.5 Å². The van der Waals surface area contributed by atoms with E-state index in [1.807, 2.05) is 23.1 Å². The zero-order valence-corrected chi connectivity index (χ0v) is 12.5. The van der Waals surface area contributed by atoms with Crippen LogP contribution in [0.5, 0.6) is 0 Å². The van der Waals surface area contributed by atoms with Crippen LogP contribution in [0.25, 0.3) is 0 Å². The minimum Gasteiger partial charge on any atom is -0.399 e. The van der Waals surface area contributed by atoms with Gasteiger partial charge in [-0.25, -0.2) is 0 Å². The molecule has 1 aromatic rings. The lowest BCUT2D eigenvalue weighted by molar-refractivity contribution is -0.131. The molecule has 0 atom stereocenters. The number of thioether (sulfide) groups is 1. The van der Waals surface area contributed by atoms with Crippen LogP contribution in [0.2, 0.25) is 0 Å². The quantitative estimate of drug-likeness (QED) is 0.870. The van der Waals surface area contributed by atoms with Gasteiger partial charge in [0, 0.05) is 30.0 Å². The van der Waals surface area contributed by atoms with E-state index in [1.165, 1.54) is 0 Å². The van der Waals surface area contributed by atoms with Gasteiger partial charge in [0.1, 0.15) is 0 Å². The van der Waals surface area contributed by atoms with Crippen LogP contribution in [0.3, 0.4) is 0 Å². The van der Waals surface area contributed by atoms with Crippen LogP contribution >= 0.6 is 11.8 Å². The molecule has 0 bridgehead atoms. The van der Waals surface area contributed by atoms with Crippen molar-refractivity contribution in [3.63, 3.8) is 0 Å². The van der Waals surface area contributed by atoms with Crippen molar-refractivity contribution < 1.29 is 9.53 Å². The van der Waals surface area contributed by atoms with Crippen molar-refractivity contribution >= 4 is 29.0 Å². The molecule has 108 valence electrons. The van der Waals surface area contributed by atoms with Crippen LogP contribution in [0.1, 0.15) is 25.7 Å². The van der Waals surface area contributed by atoms with Gasteiger partial charge in [0.25, 0.3) is 0 Å². The number of fused-ring (bicyclic) bond motifs is 1. The van der Waals surface area contributed by atoms with Gasteiger partial charge in [-0.1, -0.05) is 0 Å². The highest BCUT2D eigenvalue weighted by molar-refractivity contribution is 7.99. The van der Waals surface area contributed by atoms with Gasteiger partial charge >= 0.3 is 0 Å². The molecular formula is C15H20N2O2S. The van der Waals surface area contributed by atoms with Crippen molar-refractivity contribution in [1.82, 2.24) is 0 Å². The predicted octanol–water partition coefficient (Wildman–Crippen LogP) is 2.67. The molecule has 20 heavy (non-hydrogen) atoms. The summed E-state index contributed by atoms with van der Waals surface area (Å²) in [6.07, 6.45) is 3.60. The third-order valence-corrected chi connectivity index (χ3v) is 5.36. The smallest absolute Gasteiger partial charge is 0.229 e. The van der Waals surface area contributed by atoms with Crippen molar-refractivity contribution in [3.8, 4) is 0 Å². The van der Waals surface area contributed by atoms with Gasteiger partial charge in [0.2, 0.25) is 5.91 Å². The van der Waals surface area contributed by atoms with E-state index in [0.717, 1.165) is 42.1 Å². The Hall–Kier alpha value is -1.20. The maximum atomic E-state index is 12.6. The number of amides is 1. The molecule has 0 saturated heterocycles. The lowest BCUT2D eigenvalue weighted by Crippen LogP contribution is -2.46. The van der Waals surface area contributed by atoms with E-state index in [9.17, 15) is 4.79 Å². The Morgan fingerprint density at radius 2 is 2.30 bits per heavy atom. The first kappa shape index (κ1) is 13.8. The average molecular weight is 292 g/mol. The molecule has 1 aliphatic carbocycles. The molecule has 1 aliphatic heterocycles. The largest absolute Gasteiger partial charge is 0.399 e. The Morgan fingerprint density at radius 1 is 1.50 bits per heavy atom. The molecule has 3 rings (SSSR count). The van der Waals surface area contributed by atoms with E-state index in [1.54, 1.807) is 18.9 Å². The molecule has 0 radical (unpaired) electrons. The van der Waals surface area contributed by atoms with E-state index in [2.05, 4.69) is 0 Å². The number of hydrogen-bond acceptors (Lipinski definition) is 4. The highest BCUT2D eigenvalue weighted by atomic mass is 32.2. The summed E-state index contributed by atoms with van der Waals surface area (Å²) in [6.45, 7) is 0.750. The summed E-state index contributed by atoms with van der Waals surface area (Å²) in [7, 11) is 1.71. The standard InChI is InChI=1S/C15H20N2O2S/c1-19-15(5-2-6-15)10-14(18)17-7-8-20-13-4-3-11(16)9-12(13)17/h3-4,9H,2,5-8,10,16H2,1H3. The van der Waals surface area contributed by atoms with Crippen LogP contribution in [-0.2, 0) is 9.53 Å². The molecule has 4 nitrogen and oxygen atoms in total. The molecule has 2 N–H and O–H groups in total. The maximum Gasteiger partial charge on any atom is 0.229 e. The predicted molar refractivity (Wildman–Crippen MR) is 82.1 cm³/mol. The lowest BCUT2D eigenvalue weighted by Gasteiger charge is -2.41. The van der Waals surface area contributed by atoms with Crippen molar-refractivity contribution in [2.45, 2.75) is 36.2 Å². The summed E-state index contributed by atoms with van der Waals surface area (Å²) in [6, 6.07) is 5.80. The van der Waals surface area contributed by atoms with E-state index >= 15 is 0 Å². The number of nitrogens with two attached hydrogens (primary N) is 1. The molecule has 1 saturated carbocycles. The first-order valence-corrected chi connectivity index (χ1v) is 8.00. The zero-order valence-electron chi connectivity index (χ0n) is 11.7. The molecule has 1 fully saturated rings. The number of carbonyl (C=O) groups excluding carboxylic acids is 1. The second kappa shape index (κ2) is 5.30. The molecule has 2 aliphatic rings. The second-order valence-electron chi connectivity index (χ2n) is 5.54. The van der Waals surface area contributed by atoms with Crippen molar-refractivity contribution in [2.24, 2.45) is 0 Å². The highest BCUT2D eigenvalue weighted by Crippen LogP contribution is 2.41. The number of rotatable bonds is 3. The number of anilines is 2. The van der Waals surface area contributed by atoms with Gasteiger partial charge in [0.05, 0.1) is 17.7 Å².